The van der Waals surface area contributed by atoms with Gasteiger partial charge in [0.15, 0.2) is 0 Å². The van der Waals surface area contributed by atoms with Crippen molar-refractivity contribution in [3.05, 3.63) is 71.6 Å². The fraction of sp³-hybridized carbons (Fsp3) is 0.385. The van der Waals surface area contributed by atoms with E-state index in [1.807, 2.05) is 82.3 Å². The number of hydrogen-bond donors (Lipinski definition) is 1. The molecule has 3 aromatic rings. The van der Waals surface area contributed by atoms with Gasteiger partial charge in [0, 0.05) is 18.0 Å². The number of aryl methyl sites for hydroxylation is 1. The molecule has 0 radical (unpaired) electrons. The number of hydrogen-bond acceptors (Lipinski definition) is 6. The number of halogens is 1. The Kier molecular flexibility index (Phi) is 10.4. The monoisotopic (exact) mass is 472 g/mol. The first-order valence-electron chi connectivity index (χ1n) is 11.1. The van der Waals surface area contributed by atoms with Gasteiger partial charge < -0.3 is 19.2 Å². The highest BCUT2D eigenvalue weighted by atomic mass is 35.5. The van der Waals surface area contributed by atoms with Gasteiger partial charge in [-0.05, 0) is 50.1 Å². The Bertz CT molecular complexity index is 987. The summed E-state index contributed by atoms with van der Waals surface area (Å²) in [6.45, 7) is 8.65. The zero-order chi connectivity index (χ0) is 22.9. The van der Waals surface area contributed by atoms with Gasteiger partial charge in [-0.3, -0.25) is 4.79 Å². The molecule has 3 rings (SSSR count). The van der Waals surface area contributed by atoms with Gasteiger partial charge in [-0.25, -0.2) is 4.98 Å². The quantitative estimate of drug-likeness (QED) is 0.388. The Morgan fingerprint density at radius 1 is 1.09 bits per heavy atom. The van der Waals surface area contributed by atoms with Crippen LogP contribution in [0.25, 0.3) is 11.5 Å². The summed E-state index contributed by atoms with van der Waals surface area (Å²) in [5.74, 6) is 2.00. The zero-order valence-corrected chi connectivity index (χ0v) is 20.5. The molecule has 0 fully saturated rings. The summed E-state index contributed by atoms with van der Waals surface area (Å²) in [5.41, 5.74) is 2.91. The van der Waals surface area contributed by atoms with Crippen molar-refractivity contribution in [1.29, 1.82) is 0 Å². The van der Waals surface area contributed by atoms with Crippen molar-refractivity contribution < 1.29 is 18.7 Å². The molecule has 0 bridgehead atoms. The predicted molar refractivity (Wildman–Crippen MR) is 132 cm³/mol. The Morgan fingerprint density at radius 3 is 2.42 bits per heavy atom. The summed E-state index contributed by atoms with van der Waals surface area (Å²) in [6.07, 6.45) is 1.23. The van der Waals surface area contributed by atoms with Crippen molar-refractivity contribution in [2.75, 3.05) is 13.2 Å². The van der Waals surface area contributed by atoms with Crippen LogP contribution in [0.5, 0.6) is 5.75 Å². The van der Waals surface area contributed by atoms with Crippen LogP contribution in [0, 0.1) is 6.92 Å². The number of nitrogens with zero attached hydrogens (tertiary/aromatic N) is 1. The van der Waals surface area contributed by atoms with Gasteiger partial charge >= 0.3 is 5.97 Å². The Labute approximate surface area is 202 Å². The predicted octanol–water partition coefficient (Wildman–Crippen LogP) is 5.17. The molecule has 33 heavy (non-hydrogen) atoms. The molecule has 0 amide bonds. The molecule has 0 aliphatic heterocycles. The van der Waals surface area contributed by atoms with Gasteiger partial charge in [0.25, 0.3) is 0 Å². The van der Waals surface area contributed by atoms with Crippen molar-refractivity contribution in [2.24, 2.45) is 0 Å². The van der Waals surface area contributed by atoms with E-state index in [1.54, 1.807) is 0 Å². The Morgan fingerprint density at radius 2 is 1.79 bits per heavy atom. The summed E-state index contributed by atoms with van der Waals surface area (Å²) in [4.78, 5) is 16.8. The van der Waals surface area contributed by atoms with Crippen molar-refractivity contribution in [1.82, 2.24) is 10.3 Å². The number of nitrogens with one attached hydrogen (secondary N) is 1. The number of ether oxygens (including phenoxy) is 2. The summed E-state index contributed by atoms with van der Waals surface area (Å²) < 4.78 is 16.9. The van der Waals surface area contributed by atoms with Crippen LogP contribution < -0.4 is 10.1 Å². The summed E-state index contributed by atoms with van der Waals surface area (Å²) in [7, 11) is 0. The lowest BCUT2D eigenvalue weighted by Crippen LogP contribution is -2.43. The minimum atomic E-state index is -0.365. The van der Waals surface area contributed by atoms with Gasteiger partial charge in [0.2, 0.25) is 5.89 Å². The number of carbonyl (C=O) groups excluding carboxylic acids is 1. The summed E-state index contributed by atoms with van der Waals surface area (Å²) in [6, 6.07) is 17.5. The fourth-order valence-corrected chi connectivity index (χ4v) is 3.44. The molecule has 7 heteroatoms. The molecule has 0 saturated carbocycles. The largest absolute Gasteiger partial charge is 0.493 e. The average Bonchev–Trinajstić information content (AvgIpc) is 3.15. The lowest BCUT2D eigenvalue weighted by molar-refractivity contribution is -0.145. The summed E-state index contributed by atoms with van der Waals surface area (Å²) >= 11 is 0. The van der Waals surface area contributed by atoms with Crippen LogP contribution in [0.3, 0.4) is 0 Å². The van der Waals surface area contributed by atoms with Crippen LogP contribution in [0.2, 0.25) is 0 Å². The maximum atomic E-state index is 12.2. The van der Waals surface area contributed by atoms with Gasteiger partial charge in [0.1, 0.15) is 17.6 Å². The molecule has 0 aliphatic carbocycles. The first-order chi connectivity index (χ1) is 15.5. The van der Waals surface area contributed by atoms with Gasteiger partial charge in [0.05, 0.1) is 18.9 Å². The average molecular weight is 473 g/mol. The highest BCUT2D eigenvalue weighted by molar-refractivity contribution is 5.85. The minimum Gasteiger partial charge on any atom is -0.493 e. The van der Waals surface area contributed by atoms with Gasteiger partial charge in [-0.15, -0.1) is 12.4 Å². The van der Waals surface area contributed by atoms with Crippen LogP contribution in [0.15, 0.2) is 59.0 Å². The summed E-state index contributed by atoms with van der Waals surface area (Å²) in [5, 5.41) is 3.28. The van der Waals surface area contributed by atoms with E-state index in [2.05, 4.69) is 10.3 Å². The van der Waals surface area contributed by atoms with Crippen LogP contribution in [-0.2, 0) is 22.4 Å². The molecule has 1 atom stereocenters. The normalized spacial score (nSPS) is 11.7. The Hall–Kier alpha value is -2.83. The highest BCUT2D eigenvalue weighted by Crippen LogP contribution is 2.22. The van der Waals surface area contributed by atoms with Crippen molar-refractivity contribution in [3.63, 3.8) is 0 Å². The number of aromatic nitrogens is 1. The number of benzene rings is 2. The second kappa shape index (κ2) is 13.0. The topological polar surface area (TPSA) is 73.6 Å². The number of esters is 1. The molecule has 178 valence electrons. The second-order valence-corrected chi connectivity index (χ2v) is 7.96. The molecular weight excluding hydrogens is 440 g/mol. The van der Waals surface area contributed by atoms with Crippen LogP contribution in [-0.4, -0.2) is 36.3 Å². The highest BCUT2D eigenvalue weighted by Gasteiger charge is 2.20. The maximum Gasteiger partial charge on any atom is 0.323 e. The fourth-order valence-electron chi connectivity index (χ4n) is 3.44. The lowest BCUT2D eigenvalue weighted by Gasteiger charge is -2.20. The third-order valence-corrected chi connectivity index (χ3v) is 4.99. The SMILES string of the molecule is CCOC(=O)[C@H](Cc1ccc(OCCc2nc(-c3ccccc3)oc2C)cc1)NC(C)C.Cl. The minimum absolute atomic E-state index is 0. The standard InChI is InChI=1S/C26H32N2O4.ClH/c1-5-30-26(29)24(27-18(2)3)17-20-11-13-22(14-12-20)31-16-15-23-19(4)32-25(28-23)21-9-7-6-8-10-21;/h6-14,18,24,27H,5,15-17H2,1-4H3;1H/t24-;/m0./s1. The van der Waals surface area contributed by atoms with Crippen molar-refractivity contribution >= 4 is 18.4 Å². The first-order valence-corrected chi connectivity index (χ1v) is 11.1. The molecule has 6 nitrogen and oxygen atoms in total. The van der Waals surface area contributed by atoms with Gasteiger partial charge in [-0.2, -0.15) is 0 Å². The third kappa shape index (κ3) is 7.91. The first kappa shape index (κ1) is 26.4. The van der Waals surface area contributed by atoms with E-state index in [4.69, 9.17) is 13.9 Å². The van der Waals surface area contributed by atoms with E-state index in [-0.39, 0.29) is 30.5 Å². The molecule has 1 N–H and O–H groups in total. The number of rotatable bonds is 11. The molecule has 0 aliphatic rings. The molecule has 0 saturated heterocycles. The lowest BCUT2D eigenvalue weighted by atomic mass is 10.1. The molecule has 1 heterocycles. The molecular formula is C26H33ClN2O4. The van der Waals surface area contributed by atoms with E-state index in [1.165, 1.54) is 0 Å². The van der Waals surface area contributed by atoms with E-state index < -0.39 is 0 Å². The van der Waals surface area contributed by atoms with E-state index in [0.29, 0.717) is 31.9 Å². The maximum absolute atomic E-state index is 12.2. The Balaban J connectivity index is 0.00000385. The van der Waals surface area contributed by atoms with Crippen molar-refractivity contribution in [2.45, 2.75) is 52.6 Å². The zero-order valence-electron chi connectivity index (χ0n) is 19.7. The molecule has 2 aromatic carbocycles. The number of oxazole rings is 1. The second-order valence-electron chi connectivity index (χ2n) is 7.96. The molecule has 0 spiro atoms. The van der Waals surface area contributed by atoms with Crippen LogP contribution in [0.1, 0.15) is 37.8 Å². The van der Waals surface area contributed by atoms with Crippen LogP contribution >= 0.6 is 12.4 Å². The van der Waals surface area contributed by atoms with Crippen LogP contribution in [0.4, 0.5) is 0 Å². The third-order valence-electron chi connectivity index (χ3n) is 4.99. The van der Waals surface area contributed by atoms with E-state index in [0.717, 1.165) is 28.3 Å². The number of carbonyl (C=O) groups is 1. The molecule has 0 unspecified atom stereocenters. The molecule has 1 aromatic heterocycles. The van der Waals surface area contributed by atoms with E-state index >= 15 is 0 Å². The van der Waals surface area contributed by atoms with Gasteiger partial charge in [-0.1, -0.05) is 44.2 Å². The van der Waals surface area contributed by atoms with Crippen molar-refractivity contribution in [3.8, 4) is 17.2 Å². The van der Waals surface area contributed by atoms with E-state index in [9.17, 15) is 4.79 Å². The smallest absolute Gasteiger partial charge is 0.323 e.